The van der Waals surface area contributed by atoms with Gasteiger partial charge in [0.25, 0.3) is 10.0 Å². The van der Waals surface area contributed by atoms with Gasteiger partial charge < -0.3 is 5.32 Å². The standard InChI is InChI=1S/C22H21ClFN3O5S2/c1-15-3-10-19(13-21(15)23)27(33(2,29)30)14-22(28)25-17-8-11-20(12-9-17)34(31,32)26-18-6-4-16(24)5-7-18/h3-13,26H,14H2,1-2H3,(H,25,28). The SMILES string of the molecule is Cc1ccc(N(CC(=O)Nc2ccc(S(=O)(=O)Nc3ccc(F)cc3)cc2)S(C)(=O)=O)cc1Cl. The molecule has 0 saturated heterocycles. The van der Waals surface area contributed by atoms with Crippen LogP contribution in [0, 0.1) is 12.7 Å². The third-order valence-electron chi connectivity index (χ3n) is 4.68. The molecular formula is C22H21ClFN3O5S2. The Morgan fingerprint density at radius 2 is 1.53 bits per heavy atom. The maximum absolute atomic E-state index is 13.0. The van der Waals surface area contributed by atoms with Crippen LogP contribution in [0.5, 0.6) is 0 Å². The predicted molar refractivity (Wildman–Crippen MR) is 131 cm³/mol. The largest absolute Gasteiger partial charge is 0.325 e. The number of nitrogens with zero attached hydrogens (tertiary/aromatic N) is 1. The molecule has 0 aliphatic rings. The first kappa shape index (κ1) is 25.5. The van der Waals surface area contributed by atoms with E-state index in [2.05, 4.69) is 10.0 Å². The molecule has 1 amide bonds. The molecular weight excluding hydrogens is 505 g/mol. The van der Waals surface area contributed by atoms with E-state index in [0.717, 1.165) is 28.3 Å². The van der Waals surface area contributed by atoms with Crippen molar-refractivity contribution in [2.45, 2.75) is 11.8 Å². The topological polar surface area (TPSA) is 113 Å². The summed E-state index contributed by atoms with van der Waals surface area (Å²) in [5.74, 6) is -1.13. The van der Waals surface area contributed by atoms with Crippen LogP contribution in [0.25, 0.3) is 0 Å². The highest BCUT2D eigenvalue weighted by Gasteiger charge is 2.22. The van der Waals surface area contributed by atoms with E-state index in [9.17, 15) is 26.0 Å². The average Bonchev–Trinajstić information content (AvgIpc) is 2.75. The maximum atomic E-state index is 13.0. The van der Waals surface area contributed by atoms with Crippen LogP contribution in [0.4, 0.5) is 21.5 Å². The molecule has 0 fully saturated rings. The smallest absolute Gasteiger partial charge is 0.261 e. The number of carbonyl (C=O) groups excluding carboxylic acids is 1. The molecule has 0 heterocycles. The summed E-state index contributed by atoms with van der Waals surface area (Å²) in [5, 5.41) is 2.90. The lowest BCUT2D eigenvalue weighted by atomic mass is 10.2. The Morgan fingerprint density at radius 3 is 2.09 bits per heavy atom. The van der Waals surface area contributed by atoms with E-state index in [1.54, 1.807) is 19.1 Å². The lowest BCUT2D eigenvalue weighted by Gasteiger charge is -2.22. The summed E-state index contributed by atoms with van der Waals surface area (Å²) < 4.78 is 65.8. The van der Waals surface area contributed by atoms with Gasteiger partial charge in [-0.1, -0.05) is 17.7 Å². The van der Waals surface area contributed by atoms with Crippen LogP contribution in [0.2, 0.25) is 5.02 Å². The number of hydrogen-bond acceptors (Lipinski definition) is 5. The molecule has 0 spiro atoms. The van der Waals surface area contributed by atoms with Crippen molar-refractivity contribution in [2.24, 2.45) is 0 Å². The zero-order valence-electron chi connectivity index (χ0n) is 18.1. The van der Waals surface area contributed by atoms with Crippen molar-refractivity contribution in [1.82, 2.24) is 0 Å². The van der Waals surface area contributed by atoms with Gasteiger partial charge in [0.1, 0.15) is 12.4 Å². The third-order valence-corrected chi connectivity index (χ3v) is 7.62. The second kappa shape index (κ2) is 10.00. The van der Waals surface area contributed by atoms with Crippen molar-refractivity contribution in [2.75, 3.05) is 27.1 Å². The van der Waals surface area contributed by atoms with Crippen LogP contribution in [0.3, 0.4) is 0 Å². The average molecular weight is 526 g/mol. The summed E-state index contributed by atoms with van der Waals surface area (Å²) in [7, 11) is -7.73. The normalized spacial score (nSPS) is 11.6. The molecule has 0 radical (unpaired) electrons. The Balaban J connectivity index is 1.71. The number of amides is 1. The summed E-state index contributed by atoms with van der Waals surface area (Å²) in [6.45, 7) is 1.26. The summed E-state index contributed by atoms with van der Waals surface area (Å²) in [5.41, 5.74) is 1.45. The number of rotatable bonds is 8. The van der Waals surface area contributed by atoms with E-state index in [-0.39, 0.29) is 22.0 Å². The van der Waals surface area contributed by atoms with Crippen LogP contribution in [0.1, 0.15) is 5.56 Å². The van der Waals surface area contributed by atoms with Gasteiger partial charge in [0.15, 0.2) is 0 Å². The molecule has 0 bridgehead atoms. The molecule has 0 aliphatic heterocycles. The van der Waals surface area contributed by atoms with Crippen molar-refractivity contribution < 1.29 is 26.0 Å². The number of sulfonamides is 2. The number of aryl methyl sites for hydroxylation is 1. The molecule has 0 aromatic heterocycles. The fraction of sp³-hybridized carbons (Fsp3) is 0.136. The van der Waals surface area contributed by atoms with E-state index in [4.69, 9.17) is 11.6 Å². The summed E-state index contributed by atoms with van der Waals surface area (Å²) in [4.78, 5) is 12.5. The highest BCUT2D eigenvalue weighted by molar-refractivity contribution is 7.92. The Kier molecular flexibility index (Phi) is 7.49. The van der Waals surface area contributed by atoms with Gasteiger partial charge in [-0.2, -0.15) is 0 Å². The number of anilines is 3. The highest BCUT2D eigenvalue weighted by Crippen LogP contribution is 2.25. The van der Waals surface area contributed by atoms with Crippen molar-refractivity contribution in [3.63, 3.8) is 0 Å². The van der Waals surface area contributed by atoms with Gasteiger partial charge in [-0.05, 0) is 73.2 Å². The Morgan fingerprint density at radius 1 is 0.941 bits per heavy atom. The second-order valence-corrected chi connectivity index (χ2v) is 11.4. The van der Waals surface area contributed by atoms with Crippen LogP contribution >= 0.6 is 11.6 Å². The molecule has 0 aliphatic carbocycles. The van der Waals surface area contributed by atoms with Crippen LogP contribution in [-0.4, -0.2) is 35.5 Å². The molecule has 8 nitrogen and oxygen atoms in total. The van der Waals surface area contributed by atoms with Gasteiger partial charge in [0.2, 0.25) is 15.9 Å². The zero-order chi connectivity index (χ0) is 25.1. The first-order valence-electron chi connectivity index (χ1n) is 9.77. The van der Waals surface area contributed by atoms with Gasteiger partial charge in [0.05, 0.1) is 16.8 Å². The minimum Gasteiger partial charge on any atom is -0.325 e. The van der Waals surface area contributed by atoms with Gasteiger partial charge in [-0.3, -0.25) is 13.8 Å². The predicted octanol–water partition coefficient (Wildman–Crippen LogP) is 3.99. The van der Waals surface area contributed by atoms with Gasteiger partial charge in [-0.15, -0.1) is 0 Å². The molecule has 3 aromatic carbocycles. The molecule has 2 N–H and O–H groups in total. The van der Waals surface area contributed by atoms with Crippen molar-refractivity contribution in [3.05, 3.63) is 83.1 Å². The number of carbonyl (C=O) groups is 1. The molecule has 3 aromatic rings. The van der Waals surface area contributed by atoms with Gasteiger partial charge in [-0.25, -0.2) is 21.2 Å². The molecule has 0 saturated carbocycles. The van der Waals surface area contributed by atoms with E-state index >= 15 is 0 Å². The minimum absolute atomic E-state index is 0.0816. The quantitative estimate of drug-likeness (QED) is 0.461. The highest BCUT2D eigenvalue weighted by atomic mass is 35.5. The number of nitrogens with one attached hydrogen (secondary N) is 2. The monoisotopic (exact) mass is 525 g/mol. The fourth-order valence-corrected chi connectivity index (χ4v) is 5.00. The van der Waals surface area contributed by atoms with E-state index < -0.39 is 38.3 Å². The summed E-state index contributed by atoms with van der Waals surface area (Å²) >= 11 is 6.09. The second-order valence-electron chi connectivity index (χ2n) is 7.39. The van der Waals surface area contributed by atoms with E-state index in [1.165, 1.54) is 42.5 Å². The van der Waals surface area contributed by atoms with Crippen LogP contribution in [-0.2, 0) is 24.8 Å². The lowest BCUT2D eigenvalue weighted by molar-refractivity contribution is -0.114. The summed E-state index contributed by atoms with van der Waals surface area (Å²) in [6, 6.07) is 14.8. The van der Waals surface area contributed by atoms with Gasteiger partial charge in [0, 0.05) is 16.4 Å². The maximum Gasteiger partial charge on any atom is 0.261 e. The third kappa shape index (κ3) is 6.46. The number of benzene rings is 3. The number of hydrogen-bond donors (Lipinski definition) is 2. The van der Waals surface area contributed by atoms with Crippen LogP contribution in [0.15, 0.2) is 71.6 Å². The molecule has 34 heavy (non-hydrogen) atoms. The first-order valence-corrected chi connectivity index (χ1v) is 13.5. The molecule has 3 rings (SSSR count). The molecule has 0 atom stereocenters. The van der Waals surface area contributed by atoms with E-state index in [1.807, 2.05) is 0 Å². The Bertz CT molecular complexity index is 1410. The van der Waals surface area contributed by atoms with Crippen molar-refractivity contribution >= 4 is 54.6 Å². The molecule has 0 unspecified atom stereocenters. The minimum atomic E-state index is -3.94. The van der Waals surface area contributed by atoms with Gasteiger partial charge >= 0.3 is 0 Å². The lowest BCUT2D eigenvalue weighted by Crippen LogP contribution is -2.37. The Hall–Kier alpha value is -3.15. The van der Waals surface area contributed by atoms with Crippen LogP contribution < -0.4 is 14.3 Å². The van der Waals surface area contributed by atoms with E-state index in [0.29, 0.717) is 5.02 Å². The summed E-state index contributed by atoms with van der Waals surface area (Å²) in [6.07, 6.45) is 0.974. The molecule has 12 heteroatoms. The zero-order valence-corrected chi connectivity index (χ0v) is 20.5. The van der Waals surface area contributed by atoms with Crippen molar-refractivity contribution in [1.29, 1.82) is 0 Å². The molecule has 180 valence electrons. The Labute approximate surface area is 202 Å². The fourth-order valence-electron chi connectivity index (χ4n) is 2.92. The number of halogens is 2. The first-order chi connectivity index (χ1) is 15.8. The van der Waals surface area contributed by atoms with Crippen molar-refractivity contribution in [3.8, 4) is 0 Å².